The van der Waals surface area contributed by atoms with Gasteiger partial charge in [0, 0.05) is 50.0 Å². The first kappa shape index (κ1) is 21.7. The molecule has 9 heteroatoms. The largest absolute Gasteiger partial charge is 0.475 e. The number of ether oxygens (including phenoxy) is 1. The maximum atomic E-state index is 6.23. The van der Waals surface area contributed by atoms with Crippen molar-refractivity contribution in [1.29, 1.82) is 0 Å². The lowest BCUT2D eigenvalue weighted by Gasteiger charge is -2.42. The van der Waals surface area contributed by atoms with Gasteiger partial charge in [-0.3, -0.25) is 4.90 Å². The Morgan fingerprint density at radius 1 is 1.12 bits per heavy atom. The van der Waals surface area contributed by atoms with E-state index in [0.717, 1.165) is 54.3 Å². The first-order valence-electron chi connectivity index (χ1n) is 11.4. The van der Waals surface area contributed by atoms with Crippen molar-refractivity contribution < 1.29 is 9.15 Å². The molecule has 0 aliphatic carbocycles. The molecule has 1 atom stereocenters. The number of piperazine rings is 1. The van der Waals surface area contributed by atoms with Crippen LogP contribution in [0.15, 0.2) is 41.1 Å². The van der Waals surface area contributed by atoms with Gasteiger partial charge in [-0.05, 0) is 45.9 Å². The van der Waals surface area contributed by atoms with Crippen LogP contribution in [0.25, 0.3) is 28.1 Å². The molecule has 2 N–H and O–H groups in total. The Bertz CT molecular complexity index is 1260. The molecule has 0 saturated carbocycles. The number of fused-ring (bicyclic) bond motifs is 2. The lowest BCUT2D eigenvalue weighted by molar-refractivity contribution is 0.128. The molecule has 0 amide bonds. The fourth-order valence-electron chi connectivity index (χ4n) is 4.23. The van der Waals surface area contributed by atoms with Gasteiger partial charge in [-0.25, -0.2) is 14.5 Å². The average molecular weight is 450 g/mol. The van der Waals surface area contributed by atoms with E-state index < -0.39 is 0 Å². The number of rotatable bonds is 5. The Morgan fingerprint density at radius 3 is 2.64 bits per heavy atom. The van der Waals surface area contributed by atoms with Gasteiger partial charge in [0.25, 0.3) is 0 Å². The lowest BCUT2D eigenvalue weighted by atomic mass is 10.0. The molecule has 1 unspecified atom stereocenters. The fourth-order valence-corrected chi connectivity index (χ4v) is 4.23. The molecule has 4 aromatic heterocycles. The summed E-state index contributed by atoms with van der Waals surface area (Å²) in [6, 6.07) is 7.54. The van der Waals surface area contributed by atoms with E-state index in [1.165, 1.54) is 0 Å². The van der Waals surface area contributed by atoms with Crippen LogP contribution in [0.1, 0.15) is 27.7 Å². The Kier molecular flexibility index (Phi) is 5.46. The topological polar surface area (TPSA) is 98.0 Å². The van der Waals surface area contributed by atoms with Gasteiger partial charge in [-0.1, -0.05) is 0 Å². The lowest BCUT2D eigenvalue weighted by Crippen LogP contribution is -2.53. The predicted molar refractivity (Wildman–Crippen MR) is 129 cm³/mol. The van der Waals surface area contributed by atoms with Crippen LogP contribution in [0.2, 0.25) is 0 Å². The molecule has 5 rings (SSSR count). The molecule has 1 aliphatic heterocycles. The molecule has 0 bridgehead atoms. The summed E-state index contributed by atoms with van der Waals surface area (Å²) in [6.07, 6.45) is 3.58. The van der Waals surface area contributed by atoms with Gasteiger partial charge in [0.15, 0.2) is 11.4 Å². The highest BCUT2D eigenvalue weighted by atomic mass is 16.5. The van der Waals surface area contributed by atoms with Gasteiger partial charge in [0.1, 0.15) is 23.7 Å². The van der Waals surface area contributed by atoms with E-state index in [1.807, 2.05) is 31.3 Å². The fraction of sp³-hybridized carbons (Fsp3) is 0.458. The molecule has 4 aromatic rings. The number of nitrogens with zero attached hydrogens (tertiary/aromatic N) is 6. The van der Waals surface area contributed by atoms with Crippen LogP contribution in [-0.2, 0) is 0 Å². The number of pyridine rings is 1. The van der Waals surface area contributed by atoms with Gasteiger partial charge in [-0.2, -0.15) is 0 Å². The summed E-state index contributed by atoms with van der Waals surface area (Å²) in [7, 11) is 0. The number of imidazole rings is 1. The van der Waals surface area contributed by atoms with E-state index in [-0.39, 0.29) is 11.6 Å². The Labute approximate surface area is 193 Å². The van der Waals surface area contributed by atoms with Crippen molar-refractivity contribution in [3.05, 3.63) is 36.7 Å². The molecule has 0 radical (unpaired) electrons. The monoisotopic (exact) mass is 449 g/mol. The van der Waals surface area contributed by atoms with Gasteiger partial charge in [0.2, 0.25) is 5.88 Å². The van der Waals surface area contributed by atoms with E-state index >= 15 is 0 Å². The molecule has 5 heterocycles. The van der Waals surface area contributed by atoms with E-state index in [0.29, 0.717) is 18.2 Å². The second kappa shape index (κ2) is 8.31. The number of nitrogens with two attached hydrogens (primary N) is 1. The molecule has 1 fully saturated rings. The summed E-state index contributed by atoms with van der Waals surface area (Å²) in [5.41, 5.74) is 8.25. The van der Waals surface area contributed by atoms with E-state index in [1.54, 1.807) is 16.8 Å². The summed E-state index contributed by atoms with van der Waals surface area (Å²) in [6.45, 7) is 13.0. The van der Waals surface area contributed by atoms with Gasteiger partial charge in [-0.15, -0.1) is 5.10 Å². The third-order valence-corrected chi connectivity index (χ3v) is 6.04. The van der Waals surface area contributed by atoms with E-state index in [2.05, 4.69) is 40.7 Å². The smallest absolute Gasteiger partial charge is 0.231 e. The van der Waals surface area contributed by atoms with E-state index in [9.17, 15) is 0 Å². The quantitative estimate of drug-likeness (QED) is 0.496. The van der Waals surface area contributed by atoms with Crippen molar-refractivity contribution in [2.45, 2.75) is 39.3 Å². The second-order valence-electron chi connectivity index (χ2n) is 9.68. The molecule has 33 heavy (non-hydrogen) atoms. The zero-order chi connectivity index (χ0) is 23.2. The predicted octanol–water partition coefficient (Wildman–Crippen LogP) is 3.18. The van der Waals surface area contributed by atoms with E-state index in [4.69, 9.17) is 19.9 Å². The maximum Gasteiger partial charge on any atom is 0.231 e. The summed E-state index contributed by atoms with van der Waals surface area (Å²) < 4.78 is 13.7. The zero-order valence-corrected chi connectivity index (χ0v) is 19.7. The minimum Gasteiger partial charge on any atom is -0.475 e. The highest BCUT2D eigenvalue weighted by Crippen LogP contribution is 2.33. The van der Waals surface area contributed by atoms with Crippen molar-refractivity contribution >= 4 is 22.4 Å². The number of anilines is 1. The van der Waals surface area contributed by atoms with Crippen LogP contribution in [0, 0.1) is 0 Å². The van der Waals surface area contributed by atoms with Crippen molar-refractivity contribution in [2.75, 3.05) is 37.7 Å². The van der Waals surface area contributed by atoms with Gasteiger partial charge >= 0.3 is 0 Å². The Morgan fingerprint density at radius 2 is 1.91 bits per heavy atom. The van der Waals surface area contributed by atoms with Gasteiger partial charge in [0.05, 0.1) is 11.6 Å². The first-order valence-corrected chi connectivity index (χ1v) is 11.4. The Balaban J connectivity index is 1.46. The van der Waals surface area contributed by atoms with Crippen LogP contribution in [-0.4, -0.2) is 68.8 Å². The molecule has 9 nitrogen and oxygen atoms in total. The van der Waals surface area contributed by atoms with Crippen LogP contribution >= 0.6 is 0 Å². The summed E-state index contributed by atoms with van der Waals surface area (Å²) in [4.78, 5) is 14.0. The van der Waals surface area contributed by atoms with Crippen LogP contribution in [0.3, 0.4) is 0 Å². The zero-order valence-electron chi connectivity index (χ0n) is 19.7. The maximum absolute atomic E-state index is 6.23. The third kappa shape index (κ3) is 4.26. The van der Waals surface area contributed by atoms with Crippen molar-refractivity contribution in [3.8, 4) is 17.3 Å². The highest BCUT2D eigenvalue weighted by molar-refractivity contribution is 5.92. The van der Waals surface area contributed by atoms with Crippen molar-refractivity contribution in [2.24, 2.45) is 5.73 Å². The first-order chi connectivity index (χ1) is 15.8. The van der Waals surface area contributed by atoms with Crippen molar-refractivity contribution in [1.82, 2.24) is 24.5 Å². The molecular formula is C24H31N7O2. The average Bonchev–Trinajstić information content (AvgIpc) is 3.40. The number of furan rings is 1. The van der Waals surface area contributed by atoms with Gasteiger partial charge < -0.3 is 19.8 Å². The van der Waals surface area contributed by atoms with Crippen molar-refractivity contribution in [3.63, 3.8) is 0 Å². The van der Waals surface area contributed by atoms with Crippen LogP contribution < -0.4 is 15.4 Å². The minimum absolute atomic E-state index is 0.0729. The molecular weight excluding hydrogens is 418 g/mol. The van der Waals surface area contributed by atoms with Crippen LogP contribution in [0.4, 0.5) is 5.82 Å². The molecule has 0 aromatic carbocycles. The third-order valence-electron chi connectivity index (χ3n) is 6.04. The SMILES string of the molecule is CC(N)COc1ccc2ncc(-c3cc4c(N5CCN(C(C)(C)C)CC5)nccc4o3)n2n1. The molecule has 0 spiro atoms. The second-order valence-corrected chi connectivity index (χ2v) is 9.68. The number of aromatic nitrogens is 4. The summed E-state index contributed by atoms with van der Waals surface area (Å²) in [5.74, 6) is 2.14. The number of hydrogen-bond acceptors (Lipinski definition) is 8. The highest BCUT2D eigenvalue weighted by Gasteiger charge is 2.27. The standard InChI is InChI=1S/C24H31N7O2/c1-16(25)15-32-22-6-5-21-27-14-18(31(21)28-22)20-13-17-19(33-20)7-8-26-23(17)29-9-11-30(12-10-29)24(2,3)4/h5-8,13-14,16H,9-12,15,25H2,1-4H3. The number of hydrogen-bond donors (Lipinski definition) is 1. The molecule has 1 aliphatic rings. The Hall–Kier alpha value is -3.17. The summed E-state index contributed by atoms with van der Waals surface area (Å²) in [5, 5.41) is 5.58. The molecule has 1 saturated heterocycles. The van der Waals surface area contributed by atoms with Crippen LogP contribution in [0.5, 0.6) is 5.88 Å². The molecule has 174 valence electrons. The summed E-state index contributed by atoms with van der Waals surface area (Å²) >= 11 is 0. The normalized spacial score (nSPS) is 16.6. The minimum atomic E-state index is -0.0729.